The Balaban J connectivity index is 2.82. The normalized spacial score (nSPS) is 13.1. The van der Waals surface area contributed by atoms with Crippen LogP contribution >= 0.6 is 0 Å². The molecule has 0 heterocycles. The zero-order valence-electron chi connectivity index (χ0n) is 13.1. The highest BCUT2D eigenvalue weighted by Crippen LogP contribution is 2.17. The summed E-state index contributed by atoms with van der Waals surface area (Å²) in [6.45, 7) is 6.37. The van der Waals surface area contributed by atoms with Gasteiger partial charge in [-0.1, -0.05) is 27.2 Å². The second kappa shape index (κ2) is 8.14. The number of carboxylic acid groups (broad SMARTS) is 1. The summed E-state index contributed by atoms with van der Waals surface area (Å²) < 4.78 is 32.1. The lowest BCUT2D eigenvalue weighted by Gasteiger charge is -2.14. The zero-order chi connectivity index (χ0) is 16.8. The van der Waals surface area contributed by atoms with Gasteiger partial charge in [0.2, 0.25) is 10.0 Å². The van der Waals surface area contributed by atoms with E-state index in [2.05, 4.69) is 4.72 Å². The van der Waals surface area contributed by atoms with E-state index in [9.17, 15) is 13.2 Å². The number of nitrogens with one attached hydrogen (secondary N) is 1. The van der Waals surface area contributed by atoms with Gasteiger partial charge in [-0.25, -0.2) is 8.42 Å². The molecule has 0 aromatic heterocycles. The van der Waals surface area contributed by atoms with Crippen molar-refractivity contribution in [3.63, 3.8) is 0 Å². The zero-order valence-corrected chi connectivity index (χ0v) is 13.9. The van der Waals surface area contributed by atoms with Crippen molar-refractivity contribution in [3.05, 3.63) is 24.3 Å². The van der Waals surface area contributed by atoms with E-state index >= 15 is 0 Å². The molecule has 1 rings (SSSR count). The van der Waals surface area contributed by atoms with Gasteiger partial charge >= 0.3 is 5.97 Å². The van der Waals surface area contributed by atoms with Gasteiger partial charge in [0.15, 0.2) is 0 Å². The summed E-state index contributed by atoms with van der Waals surface area (Å²) in [7, 11) is -3.86. The Kier molecular flexibility index (Phi) is 6.83. The van der Waals surface area contributed by atoms with Gasteiger partial charge in [-0.3, -0.25) is 4.79 Å². The van der Waals surface area contributed by atoms with Crippen LogP contribution in [0.2, 0.25) is 0 Å². The largest absolute Gasteiger partial charge is 0.493 e. The second-order valence-corrected chi connectivity index (χ2v) is 7.19. The molecule has 1 unspecified atom stereocenters. The van der Waals surface area contributed by atoms with Crippen LogP contribution in [0.4, 0.5) is 0 Å². The lowest BCUT2D eigenvalue weighted by Crippen LogP contribution is -2.40. The first-order valence-electron chi connectivity index (χ1n) is 7.24. The standard InChI is InChI=1S/C15H23NO5S/c1-4-5-14(15(17)18)16-22(19,20)13-8-6-12(7-9-13)21-10-11(2)3/h6-9,11,14,16H,4-5,10H2,1-3H3,(H,17,18). The molecule has 0 radical (unpaired) electrons. The number of sulfonamides is 1. The summed E-state index contributed by atoms with van der Waals surface area (Å²) in [4.78, 5) is 11.1. The predicted octanol–water partition coefficient (Wildman–Crippen LogP) is 2.25. The Morgan fingerprint density at radius 1 is 1.27 bits per heavy atom. The number of rotatable bonds is 9. The number of carbonyl (C=O) groups is 1. The van der Waals surface area contributed by atoms with E-state index in [-0.39, 0.29) is 11.3 Å². The fourth-order valence-corrected chi connectivity index (χ4v) is 2.98. The Labute approximate surface area is 131 Å². The first kappa shape index (κ1) is 18.4. The summed E-state index contributed by atoms with van der Waals surface area (Å²) in [6, 6.07) is 4.82. The van der Waals surface area contributed by atoms with E-state index in [0.29, 0.717) is 24.7 Å². The number of aliphatic carboxylic acids is 1. The highest BCUT2D eigenvalue weighted by atomic mass is 32.2. The Morgan fingerprint density at radius 3 is 2.32 bits per heavy atom. The fourth-order valence-electron chi connectivity index (χ4n) is 1.75. The third kappa shape index (κ3) is 5.65. The fraction of sp³-hybridized carbons (Fsp3) is 0.533. The first-order chi connectivity index (χ1) is 10.3. The summed E-state index contributed by atoms with van der Waals surface area (Å²) in [5.41, 5.74) is 0. The lowest BCUT2D eigenvalue weighted by molar-refractivity contribution is -0.139. The van der Waals surface area contributed by atoms with Crippen LogP contribution in [0.3, 0.4) is 0 Å². The van der Waals surface area contributed by atoms with E-state index in [1.165, 1.54) is 12.1 Å². The number of hydrogen-bond acceptors (Lipinski definition) is 4. The minimum atomic E-state index is -3.86. The number of benzene rings is 1. The Bertz CT molecular complexity index is 580. The van der Waals surface area contributed by atoms with Gasteiger partial charge in [-0.15, -0.1) is 0 Å². The highest BCUT2D eigenvalue weighted by molar-refractivity contribution is 7.89. The molecule has 0 saturated heterocycles. The third-order valence-electron chi connectivity index (χ3n) is 2.89. The molecule has 0 spiro atoms. The van der Waals surface area contributed by atoms with E-state index in [4.69, 9.17) is 9.84 Å². The molecule has 1 aromatic carbocycles. The van der Waals surface area contributed by atoms with Gasteiger partial charge < -0.3 is 9.84 Å². The van der Waals surface area contributed by atoms with Crippen LogP contribution in [0.25, 0.3) is 0 Å². The van der Waals surface area contributed by atoms with Gasteiger partial charge in [-0.05, 0) is 36.6 Å². The summed E-state index contributed by atoms with van der Waals surface area (Å²) in [6.07, 6.45) is 0.811. The maximum Gasteiger partial charge on any atom is 0.321 e. The first-order valence-corrected chi connectivity index (χ1v) is 8.72. The average molecular weight is 329 g/mol. The van der Waals surface area contributed by atoms with Crippen LogP contribution in [0.5, 0.6) is 5.75 Å². The maximum atomic E-state index is 12.2. The topological polar surface area (TPSA) is 92.7 Å². The average Bonchev–Trinajstić information content (AvgIpc) is 2.44. The van der Waals surface area contributed by atoms with Gasteiger partial charge in [-0.2, -0.15) is 4.72 Å². The third-order valence-corrected chi connectivity index (χ3v) is 4.38. The van der Waals surface area contributed by atoms with Crippen LogP contribution in [0, 0.1) is 5.92 Å². The minimum absolute atomic E-state index is 0.0201. The van der Waals surface area contributed by atoms with E-state index in [1.54, 1.807) is 19.1 Å². The van der Waals surface area contributed by atoms with Crippen LogP contribution in [0.1, 0.15) is 33.6 Å². The molecular weight excluding hydrogens is 306 g/mol. The van der Waals surface area contributed by atoms with Crippen LogP contribution in [0.15, 0.2) is 29.2 Å². The minimum Gasteiger partial charge on any atom is -0.493 e. The monoisotopic (exact) mass is 329 g/mol. The van der Waals surface area contributed by atoms with Crippen molar-refractivity contribution in [3.8, 4) is 5.75 Å². The van der Waals surface area contributed by atoms with Crippen molar-refractivity contribution in [2.75, 3.05) is 6.61 Å². The quantitative estimate of drug-likeness (QED) is 0.725. The number of hydrogen-bond donors (Lipinski definition) is 2. The van der Waals surface area contributed by atoms with Gasteiger partial charge in [0.1, 0.15) is 11.8 Å². The molecule has 1 aromatic rings. The molecule has 2 N–H and O–H groups in total. The SMILES string of the molecule is CCCC(NS(=O)(=O)c1ccc(OCC(C)C)cc1)C(=O)O. The van der Waals surface area contributed by atoms with Crippen LogP contribution in [-0.4, -0.2) is 32.1 Å². The molecule has 7 heteroatoms. The molecule has 0 aliphatic carbocycles. The molecule has 124 valence electrons. The highest BCUT2D eigenvalue weighted by Gasteiger charge is 2.24. The van der Waals surface area contributed by atoms with Crippen molar-refractivity contribution in [1.29, 1.82) is 0 Å². The molecule has 1 atom stereocenters. The van der Waals surface area contributed by atoms with E-state index < -0.39 is 22.0 Å². The number of carboxylic acids is 1. The molecule has 22 heavy (non-hydrogen) atoms. The van der Waals surface area contributed by atoms with Crippen molar-refractivity contribution in [1.82, 2.24) is 4.72 Å². The molecule has 6 nitrogen and oxygen atoms in total. The Hall–Kier alpha value is -1.60. The number of ether oxygens (including phenoxy) is 1. The molecule has 0 amide bonds. The Morgan fingerprint density at radius 2 is 1.86 bits per heavy atom. The summed E-state index contributed by atoms with van der Waals surface area (Å²) in [5, 5.41) is 9.03. The molecular formula is C15H23NO5S. The lowest BCUT2D eigenvalue weighted by atomic mass is 10.2. The van der Waals surface area contributed by atoms with Crippen molar-refractivity contribution < 1.29 is 23.1 Å². The van der Waals surface area contributed by atoms with Gasteiger partial charge in [0, 0.05) is 0 Å². The molecule has 0 bridgehead atoms. The summed E-state index contributed by atoms with van der Waals surface area (Å²) >= 11 is 0. The van der Waals surface area contributed by atoms with Crippen molar-refractivity contribution >= 4 is 16.0 Å². The second-order valence-electron chi connectivity index (χ2n) is 5.48. The smallest absolute Gasteiger partial charge is 0.321 e. The van der Waals surface area contributed by atoms with Gasteiger partial charge in [0.25, 0.3) is 0 Å². The van der Waals surface area contributed by atoms with Crippen LogP contribution < -0.4 is 9.46 Å². The summed E-state index contributed by atoms with van der Waals surface area (Å²) in [5.74, 6) is -0.228. The molecule has 0 fully saturated rings. The van der Waals surface area contributed by atoms with E-state index in [1.807, 2.05) is 13.8 Å². The van der Waals surface area contributed by atoms with Gasteiger partial charge in [0.05, 0.1) is 11.5 Å². The molecule has 0 aliphatic heterocycles. The molecule has 0 saturated carbocycles. The van der Waals surface area contributed by atoms with Crippen molar-refractivity contribution in [2.24, 2.45) is 5.92 Å². The predicted molar refractivity (Wildman–Crippen MR) is 83.4 cm³/mol. The van der Waals surface area contributed by atoms with E-state index in [0.717, 1.165) is 0 Å². The molecule has 0 aliphatic rings. The maximum absolute atomic E-state index is 12.2. The van der Waals surface area contributed by atoms with Crippen molar-refractivity contribution in [2.45, 2.75) is 44.6 Å². The van der Waals surface area contributed by atoms with Crippen LogP contribution in [-0.2, 0) is 14.8 Å².